The van der Waals surface area contributed by atoms with Gasteiger partial charge in [-0.15, -0.1) is 11.3 Å². The first kappa shape index (κ1) is 20.8. The predicted molar refractivity (Wildman–Crippen MR) is 114 cm³/mol. The topological polar surface area (TPSA) is 42.0 Å². The van der Waals surface area contributed by atoms with E-state index in [9.17, 15) is 4.79 Å². The molecule has 3 rings (SSSR count). The van der Waals surface area contributed by atoms with Gasteiger partial charge in [-0.3, -0.25) is 4.90 Å². The maximum absolute atomic E-state index is 12.9. The van der Waals surface area contributed by atoms with Gasteiger partial charge in [0.25, 0.3) is 0 Å². The summed E-state index contributed by atoms with van der Waals surface area (Å²) in [7, 11) is 1.71. The molecule has 1 aliphatic heterocycles. The van der Waals surface area contributed by atoms with Gasteiger partial charge in [0.2, 0.25) is 0 Å². The van der Waals surface area contributed by atoms with Crippen molar-refractivity contribution in [2.24, 2.45) is 0 Å². The zero-order valence-corrected chi connectivity index (χ0v) is 17.6. The normalized spacial score (nSPS) is 16.6. The van der Waals surface area contributed by atoms with Crippen molar-refractivity contribution in [3.8, 4) is 0 Å². The maximum Gasteiger partial charge on any atom is 0.414 e. The Morgan fingerprint density at radius 3 is 2.54 bits per heavy atom. The van der Waals surface area contributed by atoms with E-state index in [0.29, 0.717) is 13.2 Å². The van der Waals surface area contributed by atoms with Crippen LogP contribution in [-0.4, -0.2) is 56.5 Å². The van der Waals surface area contributed by atoms with Crippen LogP contribution in [0.4, 0.5) is 10.5 Å². The number of carbonyl (C=O) groups excluding carboxylic acids is 1. The van der Waals surface area contributed by atoms with E-state index in [2.05, 4.69) is 22.4 Å². The molecule has 152 valence electrons. The first-order valence-electron chi connectivity index (χ1n) is 9.94. The van der Waals surface area contributed by atoms with E-state index >= 15 is 0 Å². The van der Waals surface area contributed by atoms with Gasteiger partial charge in [-0.2, -0.15) is 0 Å². The zero-order chi connectivity index (χ0) is 19.8. The number of anilines is 1. The van der Waals surface area contributed by atoms with Gasteiger partial charge in [-0.1, -0.05) is 24.3 Å². The van der Waals surface area contributed by atoms with Gasteiger partial charge >= 0.3 is 6.09 Å². The number of amides is 1. The van der Waals surface area contributed by atoms with Crippen molar-refractivity contribution in [3.63, 3.8) is 0 Å². The summed E-state index contributed by atoms with van der Waals surface area (Å²) in [6, 6.07) is 14.1. The molecule has 0 radical (unpaired) electrons. The molecular weight excluding hydrogens is 372 g/mol. The monoisotopic (exact) mass is 402 g/mol. The Morgan fingerprint density at radius 2 is 1.93 bits per heavy atom. The fourth-order valence-corrected chi connectivity index (χ4v) is 4.65. The molecule has 0 atom stereocenters. The lowest BCUT2D eigenvalue weighted by Crippen LogP contribution is -2.60. The lowest BCUT2D eigenvalue weighted by molar-refractivity contribution is 0.0661. The smallest absolute Gasteiger partial charge is 0.414 e. The highest BCUT2D eigenvalue weighted by atomic mass is 32.1. The summed E-state index contributed by atoms with van der Waals surface area (Å²) in [5, 5.41) is 2.13. The summed E-state index contributed by atoms with van der Waals surface area (Å²) >= 11 is 1.81. The van der Waals surface area contributed by atoms with Crippen LogP contribution in [0.25, 0.3) is 0 Å². The van der Waals surface area contributed by atoms with Gasteiger partial charge in [0, 0.05) is 37.3 Å². The molecule has 0 saturated carbocycles. The van der Waals surface area contributed by atoms with Crippen LogP contribution in [0.3, 0.4) is 0 Å². The average molecular weight is 403 g/mol. The average Bonchev–Trinajstić information content (AvgIpc) is 3.23. The van der Waals surface area contributed by atoms with Crippen molar-refractivity contribution in [1.82, 2.24) is 4.90 Å². The van der Waals surface area contributed by atoms with Crippen molar-refractivity contribution in [3.05, 3.63) is 52.7 Å². The minimum atomic E-state index is -0.387. The molecule has 0 unspecified atom stereocenters. The number of para-hydroxylation sites is 1. The van der Waals surface area contributed by atoms with Gasteiger partial charge in [-0.05, 0) is 49.8 Å². The Morgan fingerprint density at radius 1 is 1.18 bits per heavy atom. The number of piperidine rings is 1. The predicted octanol–water partition coefficient (Wildman–Crippen LogP) is 4.43. The summed E-state index contributed by atoms with van der Waals surface area (Å²) in [5.74, 6) is 0. The van der Waals surface area contributed by atoms with Crippen LogP contribution in [0.2, 0.25) is 0 Å². The number of carbonyl (C=O) groups is 1. The summed E-state index contributed by atoms with van der Waals surface area (Å²) < 4.78 is 11.0. The molecule has 1 aromatic carbocycles. The number of hydrogen-bond acceptors (Lipinski definition) is 5. The van der Waals surface area contributed by atoms with Gasteiger partial charge < -0.3 is 14.4 Å². The molecule has 1 amide bonds. The molecule has 1 aliphatic rings. The standard InChI is InChI=1S/C22H30N2O3S/c1-3-27-21(25)24(19-8-5-4-6-9-19)22(18-26-2)12-15-23(16-13-22)14-11-20-10-7-17-28-20/h4-10,17H,3,11-16,18H2,1-2H3. The number of methoxy groups -OCH3 is 1. The van der Waals surface area contributed by atoms with Crippen molar-refractivity contribution in [2.75, 3.05) is 44.9 Å². The summed E-state index contributed by atoms with van der Waals surface area (Å²) in [5.41, 5.74) is 0.479. The number of hydrogen-bond donors (Lipinski definition) is 0. The highest BCUT2D eigenvalue weighted by Gasteiger charge is 2.44. The third kappa shape index (κ3) is 4.93. The number of thiophene rings is 1. The van der Waals surface area contributed by atoms with E-state index in [1.54, 1.807) is 7.11 Å². The number of nitrogens with zero attached hydrogens (tertiary/aromatic N) is 2. The Bertz CT molecular complexity index is 713. The van der Waals surface area contributed by atoms with Crippen LogP contribution in [0.5, 0.6) is 0 Å². The van der Waals surface area contributed by atoms with Crippen LogP contribution >= 0.6 is 11.3 Å². The van der Waals surface area contributed by atoms with E-state index in [1.165, 1.54) is 4.88 Å². The zero-order valence-electron chi connectivity index (χ0n) is 16.8. The second-order valence-corrected chi connectivity index (χ2v) is 8.23. The fraction of sp³-hybridized carbons (Fsp3) is 0.500. The number of likely N-dealkylation sites (tertiary alicyclic amines) is 1. The molecule has 2 heterocycles. The lowest BCUT2D eigenvalue weighted by Gasteiger charge is -2.47. The van der Waals surface area contributed by atoms with Crippen molar-refractivity contribution >= 4 is 23.1 Å². The highest BCUT2D eigenvalue weighted by Crippen LogP contribution is 2.34. The minimum Gasteiger partial charge on any atom is -0.449 e. The van der Waals surface area contributed by atoms with E-state index in [4.69, 9.17) is 9.47 Å². The van der Waals surface area contributed by atoms with E-state index < -0.39 is 0 Å². The molecule has 28 heavy (non-hydrogen) atoms. The van der Waals surface area contributed by atoms with Crippen LogP contribution in [0, 0.1) is 0 Å². The van der Waals surface area contributed by atoms with Gasteiger partial charge in [0.05, 0.1) is 18.8 Å². The van der Waals surface area contributed by atoms with Crippen LogP contribution in [0.15, 0.2) is 47.8 Å². The molecule has 1 fully saturated rings. The van der Waals surface area contributed by atoms with Gasteiger partial charge in [0.1, 0.15) is 0 Å². The Hall–Kier alpha value is -1.89. The van der Waals surface area contributed by atoms with Crippen molar-refractivity contribution in [1.29, 1.82) is 0 Å². The fourth-order valence-electron chi connectivity index (χ4n) is 3.96. The molecule has 5 nitrogen and oxygen atoms in total. The van der Waals surface area contributed by atoms with Crippen molar-refractivity contribution in [2.45, 2.75) is 31.7 Å². The first-order valence-corrected chi connectivity index (χ1v) is 10.8. The highest BCUT2D eigenvalue weighted by molar-refractivity contribution is 7.09. The molecule has 2 aromatic rings. The summed E-state index contributed by atoms with van der Waals surface area (Å²) in [6.07, 6.45) is 2.51. The van der Waals surface area contributed by atoms with E-state index in [1.807, 2.05) is 53.5 Å². The summed E-state index contributed by atoms with van der Waals surface area (Å²) in [6.45, 7) is 5.64. The Labute approximate surface area is 171 Å². The quantitative estimate of drug-likeness (QED) is 0.655. The minimum absolute atomic E-state index is 0.294. The number of benzene rings is 1. The van der Waals surface area contributed by atoms with Gasteiger partial charge in [-0.25, -0.2) is 4.79 Å². The molecule has 1 aromatic heterocycles. The third-order valence-corrected chi connectivity index (χ3v) is 6.33. The molecule has 6 heteroatoms. The second-order valence-electron chi connectivity index (χ2n) is 7.20. The molecular formula is C22H30N2O3S. The van der Waals surface area contributed by atoms with Crippen LogP contribution < -0.4 is 4.90 Å². The third-order valence-electron chi connectivity index (χ3n) is 5.39. The lowest BCUT2D eigenvalue weighted by atomic mass is 9.85. The first-order chi connectivity index (χ1) is 13.7. The van der Waals surface area contributed by atoms with Crippen LogP contribution in [-0.2, 0) is 15.9 Å². The number of rotatable bonds is 8. The second kappa shape index (κ2) is 10.0. The largest absolute Gasteiger partial charge is 0.449 e. The maximum atomic E-state index is 12.9. The van der Waals surface area contributed by atoms with Crippen LogP contribution in [0.1, 0.15) is 24.6 Å². The molecule has 1 saturated heterocycles. The van der Waals surface area contributed by atoms with Crippen molar-refractivity contribution < 1.29 is 14.3 Å². The molecule has 0 bridgehead atoms. The SMILES string of the molecule is CCOC(=O)N(c1ccccc1)C1(COC)CCN(CCc2cccs2)CC1. The number of ether oxygens (including phenoxy) is 2. The van der Waals surface area contributed by atoms with Gasteiger partial charge in [0.15, 0.2) is 0 Å². The van der Waals surface area contributed by atoms with E-state index in [0.717, 1.165) is 44.6 Å². The molecule has 0 N–H and O–H groups in total. The molecule has 0 aliphatic carbocycles. The Balaban J connectivity index is 1.75. The Kier molecular flexibility index (Phi) is 7.48. The summed E-state index contributed by atoms with van der Waals surface area (Å²) in [4.78, 5) is 18.7. The van der Waals surface area contributed by atoms with E-state index in [-0.39, 0.29) is 11.6 Å². The molecule has 0 spiro atoms.